The summed E-state index contributed by atoms with van der Waals surface area (Å²) in [5.74, 6) is -0.884. The van der Waals surface area contributed by atoms with Gasteiger partial charge in [-0.1, -0.05) is 6.07 Å². The van der Waals surface area contributed by atoms with Crippen molar-refractivity contribution in [2.45, 2.75) is 0 Å². The van der Waals surface area contributed by atoms with E-state index in [4.69, 9.17) is 5.11 Å². The molecule has 1 aromatic heterocycles. The number of carbonyl (C=O) groups is 1. The highest BCUT2D eigenvalue weighted by Crippen LogP contribution is 2.21. The normalized spacial score (nSPS) is 10.3. The van der Waals surface area contributed by atoms with E-state index in [9.17, 15) is 4.79 Å². The average Bonchev–Trinajstić information content (AvgIpc) is 2.49. The zero-order valence-electron chi connectivity index (χ0n) is 6.07. The Bertz CT molecular complexity index is 431. The standard InChI is InChI=1S/C9H5O2S/c10-9(11)7-2-1-6-3-4-12-8(6)5-7/h1-2,4-5H,(H,10,11). The highest BCUT2D eigenvalue weighted by molar-refractivity contribution is 7.17. The molecule has 0 bridgehead atoms. The molecule has 2 rings (SSSR count). The first-order chi connectivity index (χ1) is 5.77. The van der Waals surface area contributed by atoms with Gasteiger partial charge in [-0.15, -0.1) is 11.3 Å². The fourth-order valence-electron chi connectivity index (χ4n) is 1.03. The summed E-state index contributed by atoms with van der Waals surface area (Å²) >= 11 is 1.50. The van der Waals surface area contributed by atoms with Crippen molar-refractivity contribution < 1.29 is 9.90 Å². The number of aromatic carboxylic acids is 1. The Morgan fingerprint density at radius 3 is 3.08 bits per heavy atom. The number of thiophene rings is 1. The number of rotatable bonds is 1. The van der Waals surface area contributed by atoms with Crippen molar-refractivity contribution in [3.8, 4) is 0 Å². The first-order valence-electron chi connectivity index (χ1n) is 3.39. The van der Waals surface area contributed by atoms with E-state index >= 15 is 0 Å². The predicted molar refractivity (Wildman–Crippen MR) is 47.6 cm³/mol. The van der Waals surface area contributed by atoms with Gasteiger partial charge in [-0.2, -0.15) is 0 Å². The van der Waals surface area contributed by atoms with E-state index < -0.39 is 5.97 Å². The van der Waals surface area contributed by atoms with Crippen molar-refractivity contribution in [1.82, 2.24) is 0 Å². The van der Waals surface area contributed by atoms with Crippen molar-refractivity contribution in [1.29, 1.82) is 0 Å². The molecule has 12 heavy (non-hydrogen) atoms. The largest absolute Gasteiger partial charge is 0.478 e. The van der Waals surface area contributed by atoms with Crippen LogP contribution >= 0.6 is 11.3 Å². The summed E-state index contributed by atoms with van der Waals surface area (Å²) in [6.45, 7) is 0. The molecule has 59 valence electrons. The Balaban J connectivity index is 2.68. The van der Waals surface area contributed by atoms with E-state index in [1.54, 1.807) is 18.2 Å². The van der Waals surface area contributed by atoms with Crippen LogP contribution in [0.2, 0.25) is 0 Å². The van der Waals surface area contributed by atoms with Crippen LogP contribution in [-0.4, -0.2) is 11.1 Å². The van der Waals surface area contributed by atoms with Crippen molar-refractivity contribution >= 4 is 27.4 Å². The fraction of sp³-hybridized carbons (Fsp3) is 0. The molecule has 2 nitrogen and oxygen atoms in total. The fourth-order valence-corrected chi connectivity index (χ4v) is 1.79. The van der Waals surface area contributed by atoms with Crippen molar-refractivity contribution in [3.63, 3.8) is 0 Å². The summed E-state index contributed by atoms with van der Waals surface area (Å²) in [7, 11) is 0. The third kappa shape index (κ3) is 1.08. The van der Waals surface area contributed by atoms with Gasteiger partial charge in [0.05, 0.1) is 5.56 Å². The zero-order valence-corrected chi connectivity index (χ0v) is 6.89. The Hall–Kier alpha value is -1.35. The molecule has 0 aliphatic rings. The Morgan fingerprint density at radius 2 is 2.33 bits per heavy atom. The van der Waals surface area contributed by atoms with Crippen LogP contribution in [0.25, 0.3) is 10.1 Å². The predicted octanol–water partition coefficient (Wildman–Crippen LogP) is 2.40. The molecule has 0 aliphatic heterocycles. The molecule has 0 amide bonds. The summed E-state index contributed by atoms with van der Waals surface area (Å²) < 4.78 is 0.968. The molecule has 0 aliphatic carbocycles. The van der Waals surface area contributed by atoms with Crippen molar-refractivity contribution in [2.24, 2.45) is 0 Å². The minimum Gasteiger partial charge on any atom is -0.478 e. The number of fused-ring (bicyclic) bond motifs is 1. The summed E-state index contributed by atoms with van der Waals surface area (Å²) in [6, 6.07) is 8.04. The molecule has 0 saturated carbocycles. The highest BCUT2D eigenvalue weighted by atomic mass is 32.1. The maximum Gasteiger partial charge on any atom is 0.335 e. The third-order valence-electron chi connectivity index (χ3n) is 1.63. The SMILES string of the molecule is O=C(O)c1ccc2[c]csc2c1. The lowest BCUT2D eigenvalue weighted by Crippen LogP contribution is -1.94. The summed E-state index contributed by atoms with van der Waals surface area (Å²) in [5, 5.41) is 11.5. The van der Waals surface area contributed by atoms with E-state index in [1.165, 1.54) is 11.3 Å². The van der Waals surface area contributed by atoms with Crippen LogP contribution in [0, 0.1) is 6.07 Å². The van der Waals surface area contributed by atoms with Crippen LogP contribution in [0.3, 0.4) is 0 Å². The zero-order chi connectivity index (χ0) is 8.55. The van der Waals surface area contributed by atoms with Gasteiger partial charge in [0.1, 0.15) is 0 Å². The van der Waals surface area contributed by atoms with Gasteiger partial charge in [-0.3, -0.25) is 0 Å². The van der Waals surface area contributed by atoms with Gasteiger partial charge in [-0.05, 0) is 17.5 Å². The second kappa shape index (κ2) is 2.60. The second-order valence-electron chi connectivity index (χ2n) is 2.40. The minimum atomic E-state index is -0.884. The first-order valence-corrected chi connectivity index (χ1v) is 4.27. The second-order valence-corrected chi connectivity index (χ2v) is 3.31. The molecule has 2 aromatic rings. The van der Waals surface area contributed by atoms with Gasteiger partial charge in [0, 0.05) is 16.2 Å². The minimum absolute atomic E-state index is 0.332. The van der Waals surface area contributed by atoms with Gasteiger partial charge in [0.2, 0.25) is 0 Å². The summed E-state index contributed by atoms with van der Waals surface area (Å²) in [5.41, 5.74) is 0.332. The lowest BCUT2D eigenvalue weighted by atomic mass is 10.2. The molecule has 1 N–H and O–H groups in total. The molecule has 0 atom stereocenters. The molecule has 0 saturated heterocycles. The van der Waals surface area contributed by atoms with Gasteiger partial charge in [0.25, 0.3) is 0 Å². The lowest BCUT2D eigenvalue weighted by Gasteiger charge is -1.92. The van der Waals surface area contributed by atoms with Crippen LogP contribution < -0.4 is 0 Å². The monoisotopic (exact) mass is 177 g/mol. The highest BCUT2D eigenvalue weighted by Gasteiger charge is 2.03. The van der Waals surface area contributed by atoms with Crippen LogP contribution in [0.15, 0.2) is 23.6 Å². The van der Waals surface area contributed by atoms with E-state index in [-0.39, 0.29) is 0 Å². The molecular formula is C9H5O2S. The number of carboxylic acids is 1. The molecule has 1 heterocycles. The Labute approximate surface area is 73.1 Å². The van der Waals surface area contributed by atoms with E-state index in [1.807, 2.05) is 5.38 Å². The quantitative estimate of drug-likeness (QED) is 0.726. The van der Waals surface area contributed by atoms with Gasteiger partial charge in [0.15, 0.2) is 0 Å². The van der Waals surface area contributed by atoms with E-state index in [2.05, 4.69) is 6.07 Å². The molecule has 0 fully saturated rings. The smallest absolute Gasteiger partial charge is 0.335 e. The van der Waals surface area contributed by atoms with Crippen LogP contribution in [0.5, 0.6) is 0 Å². The van der Waals surface area contributed by atoms with Crippen LogP contribution in [0.1, 0.15) is 10.4 Å². The Morgan fingerprint density at radius 1 is 1.50 bits per heavy atom. The first kappa shape index (κ1) is 7.31. The van der Waals surface area contributed by atoms with Crippen molar-refractivity contribution in [3.05, 3.63) is 35.2 Å². The molecule has 1 aromatic carbocycles. The van der Waals surface area contributed by atoms with Crippen molar-refractivity contribution in [2.75, 3.05) is 0 Å². The molecular weight excluding hydrogens is 172 g/mol. The van der Waals surface area contributed by atoms with Gasteiger partial charge in [-0.25, -0.2) is 4.79 Å². The molecule has 0 unspecified atom stereocenters. The molecule has 1 radical (unpaired) electrons. The molecule has 3 heteroatoms. The van der Waals surface area contributed by atoms with Gasteiger partial charge < -0.3 is 5.11 Å². The summed E-state index contributed by atoms with van der Waals surface area (Å²) in [6.07, 6.45) is 0. The maximum atomic E-state index is 10.6. The third-order valence-corrected chi connectivity index (χ3v) is 2.46. The number of carboxylic acid groups (broad SMARTS) is 1. The maximum absolute atomic E-state index is 10.6. The van der Waals surface area contributed by atoms with Crippen LogP contribution in [0.4, 0.5) is 0 Å². The summed E-state index contributed by atoms with van der Waals surface area (Å²) in [4.78, 5) is 10.6. The van der Waals surface area contributed by atoms with Crippen LogP contribution in [-0.2, 0) is 0 Å². The number of hydrogen-bond acceptors (Lipinski definition) is 2. The Kier molecular flexibility index (Phi) is 1.59. The lowest BCUT2D eigenvalue weighted by molar-refractivity contribution is 0.0697. The topological polar surface area (TPSA) is 37.3 Å². The number of benzene rings is 1. The van der Waals surface area contributed by atoms with Gasteiger partial charge >= 0.3 is 5.97 Å². The molecule has 0 spiro atoms. The van der Waals surface area contributed by atoms with E-state index in [0.29, 0.717) is 5.56 Å². The van der Waals surface area contributed by atoms with E-state index in [0.717, 1.165) is 10.1 Å². The average molecular weight is 177 g/mol. The number of hydrogen-bond donors (Lipinski definition) is 1.